The Hall–Kier alpha value is -1.90. The van der Waals surface area contributed by atoms with Crippen molar-refractivity contribution in [3.63, 3.8) is 0 Å². The fourth-order valence-corrected chi connectivity index (χ4v) is 1.20. The molecule has 0 saturated carbocycles. The number of hydrogen-bond acceptors (Lipinski definition) is 2. The van der Waals surface area contributed by atoms with Crippen molar-refractivity contribution in [1.82, 2.24) is 4.98 Å². The first kappa shape index (κ1) is 8.69. The van der Waals surface area contributed by atoms with Crippen molar-refractivity contribution in [3.05, 3.63) is 48.4 Å². The second-order valence-corrected chi connectivity index (χ2v) is 2.88. The molecule has 2 aromatic rings. The van der Waals surface area contributed by atoms with E-state index in [1.54, 1.807) is 24.4 Å². The van der Waals surface area contributed by atoms with Crippen LogP contribution in [0.5, 0.6) is 5.75 Å². The number of aromatic hydroxyl groups is 1. The molecule has 0 aliphatic heterocycles. The van der Waals surface area contributed by atoms with Gasteiger partial charge in [0, 0.05) is 11.8 Å². The average molecular weight is 189 g/mol. The summed E-state index contributed by atoms with van der Waals surface area (Å²) in [6, 6.07) is 9.61. The fraction of sp³-hybridized carbons (Fsp3) is 0. The van der Waals surface area contributed by atoms with Crippen molar-refractivity contribution in [2.75, 3.05) is 0 Å². The Balaban J connectivity index is 2.48. The van der Waals surface area contributed by atoms with Crippen molar-refractivity contribution in [3.8, 4) is 17.0 Å². The minimum atomic E-state index is -0.631. The van der Waals surface area contributed by atoms with Crippen LogP contribution in [0.4, 0.5) is 4.39 Å². The molecular weight excluding hydrogens is 181 g/mol. The Labute approximate surface area is 80.7 Å². The van der Waals surface area contributed by atoms with E-state index in [9.17, 15) is 4.39 Å². The smallest absolute Gasteiger partial charge is 0.165 e. The van der Waals surface area contributed by atoms with Gasteiger partial charge in [-0.1, -0.05) is 6.07 Å². The van der Waals surface area contributed by atoms with Gasteiger partial charge < -0.3 is 5.11 Å². The summed E-state index contributed by atoms with van der Waals surface area (Å²) in [4.78, 5) is 4.07. The Morgan fingerprint density at radius 1 is 1.14 bits per heavy atom. The number of phenols is 1. The molecule has 1 heterocycles. The van der Waals surface area contributed by atoms with Gasteiger partial charge in [0.2, 0.25) is 0 Å². The minimum Gasteiger partial charge on any atom is -0.505 e. The van der Waals surface area contributed by atoms with E-state index in [0.717, 1.165) is 0 Å². The van der Waals surface area contributed by atoms with Crippen LogP contribution in [0.25, 0.3) is 11.3 Å². The molecule has 2 rings (SSSR count). The van der Waals surface area contributed by atoms with Crippen LogP contribution in [0.15, 0.2) is 42.6 Å². The molecule has 2 nitrogen and oxygen atoms in total. The molecule has 0 fully saturated rings. The van der Waals surface area contributed by atoms with E-state index < -0.39 is 5.82 Å². The molecule has 0 aliphatic rings. The predicted octanol–water partition coefficient (Wildman–Crippen LogP) is 2.59. The van der Waals surface area contributed by atoms with E-state index in [1.807, 2.05) is 6.07 Å². The molecule has 14 heavy (non-hydrogen) atoms. The highest BCUT2D eigenvalue weighted by molar-refractivity contribution is 5.59. The summed E-state index contributed by atoms with van der Waals surface area (Å²) in [5.41, 5.74) is 1.34. The summed E-state index contributed by atoms with van der Waals surface area (Å²) < 4.78 is 13.0. The third-order valence-electron chi connectivity index (χ3n) is 1.91. The summed E-state index contributed by atoms with van der Waals surface area (Å²) in [5, 5.41) is 9.00. The molecule has 0 bridgehead atoms. The van der Waals surface area contributed by atoms with E-state index in [0.29, 0.717) is 11.3 Å². The molecule has 1 aromatic carbocycles. The lowest BCUT2D eigenvalue weighted by molar-refractivity contribution is 0.432. The lowest BCUT2D eigenvalue weighted by atomic mass is 10.1. The lowest BCUT2D eigenvalue weighted by Gasteiger charge is -2.01. The third kappa shape index (κ3) is 1.57. The van der Waals surface area contributed by atoms with Gasteiger partial charge in [-0.3, -0.25) is 4.98 Å². The number of pyridine rings is 1. The van der Waals surface area contributed by atoms with Crippen LogP contribution in [0.3, 0.4) is 0 Å². The molecule has 0 atom stereocenters. The summed E-state index contributed by atoms with van der Waals surface area (Å²) in [6.45, 7) is 0. The largest absolute Gasteiger partial charge is 0.505 e. The Kier molecular flexibility index (Phi) is 2.14. The number of nitrogens with zero attached hydrogens (tertiary/aromatic N) is 1. The van der Waals surface area contributed by atoms with Gasteiger partial charge in [0.05, 0.1) is 5.69 Å². The molecule has 1 N–H and O–H groups in total. The Bertz CT molecular complexity index is 442. The molecule has 0 unspecified atom stereocenters. The Morgan fingerprint density at radius 2 is 2.00 bits per heavy atom. The molecule has 0 amide bonds. The summed E-state index contributed by atoms with van der Waals surface area (Å²) in [7, 11) is 0. The predicted molar refractivity (Wildman–Crippen MR) is 51.3 cm³/mol. The molecule has 3 heteroatoms. The summed E-state index contributed by atoms with van der Waals surface area (Å²) in [5.74, 6) is -0.974. The zero-order valence-corrected chi connectivity index (χ0v) is 7.31. The number of benzene rings is 1. The normalized spacial score (nSPS) is 10.1. The molecule has 0 radical (unpaired) electrons. The average Bonchev–Trinajstić information content (AvgIpc) is 2.23. The van der Waals surface area contributed by atoms with Gasteiger partial charge in [0.1, 0.15) is 0 Å². The highest BCUT2D eigenvalue weighted by Crippen LogP contribution is 2.22. The minimum absolute atomic E-state index is 0.343. The van der Waals surface area contributed by atoms with E-state index in [2.05, 4.69) is 4.98 Å². The van der Waals surface area contributed by atoms with Crippen molar-refractivity contribution in [2.24, 2.45) is 0 Å². The second-order valence-electron chi connectivity index (χ2n) is 2.88. The molecular formula is C11H8FNO. The van der Waals surface area contributed by atoms with Crippen molar-refractivity contribution < 1.29 is 9.50 Å². The zero-order valence-electron chi connectivity index (χ0n) is 7.31. The van der Waals surface area contributed by atoms with E-state index >= 15 is 0 Å². The second kappa shape index (κ2) is 3.46. The molecule has 0 spiro atoms. The van der Waals surface area contributed by atoms with Gasteiger partial charge in [-0.15, -0.1) is 0 Å². The van der Waals surface area contributed by atoms with Crippen molar-refractivity contribution in [1.29, 1.82) is 0 Å². The zero-order chi connectivity index (χ0) is 9.97. The molecule has 1 aromatic heterocycles. The standard InChI is InChI=1S/C11H8FNO/c12-9-7-8(4-5-11(9)14)10-3-1-2-6-13-10/h1-7,14H. The van der Waals surface area contributed by atoms with Gasteiger partial charge in [-0.2, -0.15) is 0 Å². The van der Waals surface area contributed by atoms with Gasteiger partial charge in [-0.05, 0) is 30.3 Å². The highest BCUT2D eigenvalue weighted by Gasteiger charge is 2.03. The third-order valence-corrected chi connectivity index (χ3v) is 1.91. The van der Waals surface area contributed by atoms with Gasteiger partial charge >= 0.3 is 0 Å². The number of rotatable bonds is 1. The first-order valence-electron chi connectivity index (χ1n) is 4.17. The van der Waals surface area contributed by atoms with E-state index in [4.69, 9.17) is 5.11 Å². The van der Waals surface area contributed by atoms with Gasteiger partial charge in [-0.25, -0.2) is 4.39 Å². The monoisotopic (exact) mass is 189 g/mol. The maximum absolute atomic E-state index is 13.0. The fourth-order valence-electron chi connectivity index (χ4n) is 1.20. The van der Waals surface area contributed by atoms with Crippen LogP contribution >= 0.6 is 0 Å². The van der Waals surface area contributed by atoms with Crippen LogP contribution in [-0.4, -0.2) is 10.1 Å². The maximum atomic E-state index is 13.0. The quantitative estimate of drug-likeness (QED) is 0.747. The summed E-state index contributed by atoms with van der Waals surface area (Å²) >= 11 is 0. The van der Waals surface area contributed by atoms with Crippen molar-refractivity contribution in [2.45, 2.75) is 0 Å². The number of aromatic nitrogens is 1. The lowest BCUT2D eigenvalue weighted by Crippen LogP contribution is -1.83. The first-order chi connectivity index (χ1) is 6.77. The molecule has 0 aliphatic carbocycles. The van der Waals surface area contributed by atoms with Crippen LogP contribution in [0.2, 0.25) is 0 Å². The van der Waals surface area contributed by atoms with E-state index in [-0.39, 0.29) is 5.75 Å². The number of phenolic OH excluding ortho intramolecular Hbond substituents is 1. The summed E-state index contributed by atoms with van der Waals surface area (Å²) in [6.07, 6.45) is 1.64. The van der Waals surface area contributed by atoms with Crippen LogP contribution in [-0.2, 0) is 0 Å². The van der Waals surface area contributed by atoms with E-state index in [1.165, 1.54) is 12.1 Å². The van der Waals surface area contributed by atoms with Gasteiger partial charge in [0.25, 0.3) is 0 Å². The highest BCUT2D eigenvalue weighted by atomic mass is 19.1. The molecule has 70 valence electrons. The SMILES string of the molecule is Oc1ccc(-c2ccccn2)cc1F. The number of halogens is 1. The Morgan fingerprint density at radius 3 is 2.64 bits per heavy atom. The van der Waals surface area contributed by atoms with Gasteiger partial charge in [0.15, 0.2) is 11.6 Å². The van der Waals surface area contributed by atoms with Crippen LogP contribution in [0, 0.1) is 5.82 Å². The first-order valence-corrected chi connectivity index (χ1v) is 4.17. The molecule has 0 saturated heterocycles. The topological polar surface area (TPSA) is 33.1 Å². The van der Waals surface area contributed by atoms with Crippen LogP contribution in [0.1, 0.15) is 0 Å². The van der Waals surface area contributed by atoms with Crippen LogP contribution < -0.4 is 0 Å². The maximum Gasteiger partial charge on any atom is 0.165 e. The van der Waals surface area contributed by atoms with Crippen molar-refractivity contribution >= 4 is 0 Å². The number of hydrogen-bond donors (Lipinski definition) is 1.